The third-order valence-electron chi connectivity index (χ3n) is 4.18. The molecule has 0 spiro atoms. The molecule has 3 rings (SSSR count). The molecule has 0 bridgehead atoms. The second-order valence-corrected chi connectivity index (χ2v) is 7.22. The fourth-order valence-corrected chi connectivity index (χ4v) is 3.01. The van der Waals surface area contributed by atoms with Gasteiger partial charge in [-0.3, -0.25) is 19.6 Å². The lowest BCUT2D eigenvalue weighted by atomic mass is 10.1. The van der Waals surface area contributed by atoms with Gasteiger partial charge in [-0.25, -0.2) is 0 Å². The lowest BCUT2D eigenvalue weighted by molar-refractivity contribution is -0.385. The number of carbonyl (C=O) groups is 1. The number of ether oxygens (including phenoxy) is 2. The average molecular weight is 472 g/mol. The highest BCUT2D eigenvalue weighted by Crippen LogP contribution is 2.24. The molecule has 0 N–H and O–H groups in total. The van der Waals surface area contributed by atoms with Crippen LogP contribution < -0.4 is 9.47 Å². The van der Waals surface area contributed by atoms with Crippen LogP contribution in [0.25, 0.3) is 6.08 Å². The van der Waals surface area contributed by atoms with Crippen molar-refractivity contribution in [3.8, 4) is 11.5 Å². The minimum Gasteiger partial charge on any atom is -0.496 e. The van der Waals surface area contributed by atoms with Crippen LogP contribution in [0.3, 0.4) is 0 Å². The molecular weight excluding hydrogens is 454 g/mol. The Balaban J connectivity index is 1.78. The molecule has 0 aliphatic heterocycles. The summed E-state index contributed by atoms with van der Waals surface area (Å²) in [6.07, 6.45) is 4.03. The number of allylic oxidation sites excluding steroid dienone is 1. The summed E-state index contributed by atoms with van der Waals surface area (Å²) >= 11 is 3.38. The fourth-order valence-electron chi connectivity index (χ4n) is 2.74. The summed E-state index contributed by atoms with van der Waals surface area (Å²) in [5.41, 5.74) is 0.979. The van der Waals surface area contributed by atoms with Gasteiger partial charge in [0.1, 0.15) is 24.3 Å². The zero-order valence-corrected chi connectivity index (χ0v) is 17.8. The monoisotopic (exact) mass is 471 g/mol. The molecule has 3 aromatic rings. The standard InChI is InChI=1S/C21H18BrN3O5/c1-24-12-18(25(27)28)21(23-24)19(26)9-3-14-4-10-20(29-2)15(11-14)13-30-17-7-5-16(22)6-8-17/h3-12H,13H2,1-2H3/b9-3+. The van der Waals surface area contributed by atoms with E-state index in [0.717, 1.165) is 15.6 Å². The van der Waals surface area contributed by atoms with Crippen molar-refractivity contribution in [2.24, 2.45) is 7.05 Å². The van der Waals surface area contributed by atoms with Crippen LogP contribution in [0.5, 0.6) is 11.5 Å². The Bertz CT molecular complexity index is 1110. The SMILES string of the molecule is COc1ccc(/C=C/C(=O)c2nn(C)cc2[N+](=O)[O-])cc1COc1ccc(Br)cc1. The number of aryl methyl sites for hydroxylation is 1. The first-order valence-electron chi connectivity index (χ1n) is 8.83. The first-order chi connectivity index (χ1) is 14.4. The van der Waals surface area contributed by atoms with E-state index >= 15 is 0 Å². The summed E-state index contributed by atoms with van der Waals surface area (Å²) in [7, 11) is 3.09. The van der Waals surface area contributed by atoms with Crippen LogP contribution >= 0.6 is 15.9 Å². The summed E-state index contributed by atoms with van der Waals surface area (Å²) < 4.78 is 13.4. The molecular formula is C21H18BrN3O5. The predicted octanol–water partition coefficient (Wildman–Crippen LogP) is 4.57. The molecule has 0 atom stereocenters. The summed E-state index contributed by atoms with van der Waals surface area (Å²) in [6.45, 7) is 0.270. The average Bonchev–Trinajstić information content (AvgIpc) is 3.14. The number of carbonyl (C=O) groups excluding carboxylic acids is 1. The summed E-state index contributed by atoms with van der Waals surface area (Å²) in [5, 5.41) is 15.0. The first kappa shape index (κ1) is 21.3. The van der Waals surface area contributed by atoms with E-state index in [2.05, 4.69) is 21.0 Å². The van der Waals surface area contributed by atoms with E-state index in [0.29, 0.717) is 11.5 Å². The van der Waals surface area contributed by atoms with Crippen LogP contribution in [0.15, 0.2) is 59.2 Å². The van der Waals surface area contributed by atoms with E-state index in [4.69, 9.17) is 9.47 Å². The van der Waals surface area contributed by atoms with E-state index in [1.54, 1.807) is 25.3 Å². The van der Waals surface area contributed by atoms with E-state index in [-0.39, 0.29) is 18.0 Å². The van der Waals surface area contributed by atoms with Crippen LogP contribution in [0.2, 0.25) is 0 Å². The van der Waals surface area contributed by atoms with Crippen LogP contribution in [0.1, 0.15) is 21.6 Å². The van der Waals surface area contributed by atoms with Gasteiger partial charge in [-0.2, -0.15) is 5.10 Å². The minimum absolute atomic E-state index is 0.203. The Hall–Kier alpha value is -3.46. The van der Waals surface area contributed by atoms with Gasteiger partial charge in [0.25, 0.3) is 0 Å². The van der Waals surface area contributed by atoms with Gasteiger partial charge in [0, 0.05) is 17.1 Å². The number of benzene rings is 2. The number of rotatable bonds is 8. The van der Waals surface area contributed by atoms with Gasteiger partial charge in [-0.05, 0) is 48.0 Å². The normalized spacial score (nSPS) is 10.9. The summed E-state index contributed by atoms with van der Waals surface area (Å²) in [4.78, 5) is 22.8. The summed E-state index contributed by atoms with van der Waals surface area (Å²) in [5.74, 6) is 0.806. The van der Waals surface area contributed by atoms with E-state index in [1.807, 2.05) is 30.3 Å². The molecule has 0 fully saturated rings. The van der Waals surface area contributed by atoms with Gasteiger partial charge in [-0.15, -0.1) is 0 Å². The molecule has 30 heavy (non-hydrogen) atoms. The largest absolute Gasteiger partial charge is 0.496 e. The molecule has 0 aliphatic rings. The van der Waals surface area contributed by atoms with Gasteiger partial charge in [0.15, 0.2) is 0 Å². The van der Waals surface area contributed by atoms with Gasteiger partial charge in [-0.1, -0.05) is 28.1 Å². The number of nitro groups is 1. The maximum atomic E-state index is 12.4. The predicted molar refractivity (Wildman–Crippen MR) is 115 cm³/mol. The molecule has 154 valence electrons. The number of nitrogens with zero attached hydrogens (tertiary/aromatic N) is 3. The van der Waals surface area contributed by atoms with Crippen molar-refractivity contribution in [2.75, 3.05) is 7.11 Å². The van der Waals surface area contributed by atoms with Crippen molar-refractivity contribution in [1.82, 2.24) is 9.78 Å². The van der Waals surface area contributed by atoms with E-state index in [9.17, 15) is 14.9 Å². The van der Waals surface area contributed by atoms with Crippen LogP contribution in [0.4, 0.5) is 5.69 Å². The molecule has 8 nitrogen and oxygen atoms in total. The lowest BCUT2D eigenvalue weighted by Gasteiger charge is -2.11. The summed E-state index contributed by atoms with van der Waals surface area (Å²) in [6, 6.07) is 12.8. The zero-order valence-electron chi connectivity index (χ0n) is 16.2. The van der Waals surface area contributed by atoms with Crippen molar-refractivity contribution in [1.29, 1.82) is 0 Å². The fraction of sp³-hybridized carbons (Fsp3) is 0.143. The second kappa shape index (κ2) is 9.36. The Labute approximate surface area is 181 Å². The highest BCUT2D eigenvalue weighted by Gasteiger charge is 2.23. The maximum absolute atomic E-state index is 12.4. The number of hydrogen-bond donors (Lipinski definition) is 0. The maximum Gasteiger partial charge on any atom is 0.318 e. The molecule has 0 unspecified atom stereocenters. The Kier molecular flexibility index (Phi) is 6.63. The second-order valence-electron chi connectivity index (χ2n) is 6.31. The van der Waals surface area contributed by atoms with Crippen molar-refractivity contribution >= 4 is 33.5 Å². The molecule has 2 aromatic carbocycles. The molecule has 1 heterocycles. The van der Waals surface area contributed by atoms with Crippen molar-refractivity contribution < 1.29 is 19.2 Å². The third kappa shape index (κ3) is 5.12. The molecule has 0 saturated carbocycles. The van der Waals surface area contributed by atoms with Crippen molar-refractivity contribution in [3.05, 3.63) is 86.1 Å². The highest BCUT2D eigenvalue weighted by molar-refractivity contribution is 9.10. The van der Waals surface area contributed by atoms with Gasteiger partial charge in [0.2, 0.25) is 11.5 Å². The van der Waals surface area contributed by atoms with Crippen LogP contribution in [-0.2, 0) is 13.7 Å². The van der Waals surface area contributed by atoms with Gasteiger partial charge >= 0.3 is 5.69 Å². The van der Waals surface area contributed by atoms with Crippen LogP contribution in [-0.4, -0.2) is 27.6 Å². The third-order valence-corrected chi connectivity index (χ3v) is 4.71. The highest BCUT2D eigenvalue weighted by atomic mass is 79.9. The minimum atomic E-state index is -0.626. The van der Waals surface area contributed by atoms with Crippen LogP contribution in [0, 0.1) is 10.1 Å². The Morgan fingerprint density at radius 3 is 2.67 bits per heavy atom. The number of halogens is 1. The number of methoxy groups -OCH3 is 1. The molecule has 0 saturated heterocycles. The van der Waals surface area contributed by atoms with Crippen molar-refractivity contribution in [2.45, 2.75) is 6.61 Å². The Morgan fingerprint density at radius 1 is 1.27 bits per heavy atom. The topological polar surface area (TPSA) is 96.5 Å². The zero-order chi connectivity index (χ0) is 21.7. The number of aromatic nitrogens is 2. The molecule has 0 aliphatic carbocycles. The molecule has 0 amide bonds. The number of hydrogen-bond acceptors (Lipinski definition) is 6. The quantitative estimate of drug-likeness (QED) is 0.206. The van der Waals surface area contributed by atoms with E-state index in [1.165, 1.54) is 24.0 Å². The van der Waals surface area contributed by atoms with Gasteiger partial charge in [0.05, 0.1) is 12.0 Å². The lowest BCUT2D eigenvalue weighted by Crippen LogP contribution is -2.01. The smallest absolute Gasteiger partial charge is 0.318 e. The molecule has 1 aromatic heterocycles. The first-order valence-corrected chi connectivity index (χ1v) is 9.62. The van der Waals surface area contributed by atoms with Crippen molar-refractivity contribution in [3.63, 3.8) is 0 Å². The molecule has 9 heteroatoms. The Morgan fingerprint density at radius 2 is 2.00 bits per heavy atom. The van der Waals surface area contributed by atoms with E-state index < -0.39 is 10.7 Å². The van der Waals surface area contributed by atoms with Gasteiger partial charge < -0.3 is 9.47 Å². The molecule has 0 radical (unpaired) electrons. The number of ketones is 1.